The Hall–Kier alpha value is -4.67. The number of alkyl halides is 3. The van der Waals surface area contributed by atoms with Crippen molar-refractivity contribution in [1.29, 1.82) is 0 Å². The summed E-state index contributed by atoms with van der Waals surface area (Å²) >= 11 is 0. The molecule has 0 aliphatic carbocycles. The van der Waals surface area contributed by atoms with Crippen molar-refractivity contribution >= 4 is 28.8 Å². The summed E-state index contributed by atoms with van der Waals surface area (Å²) in [6.07, 6.45) is -5.05. The molecule has 0 unspecified atom stereocenters. The minimum absolute atomic E-state index is 0.0810. The van der Waals surface area contributed by atoms with Gasteiger partial charge in [-0.15, -0.1) is 0 Å². The number of nitrogens with one attached hydrogen (secondary N) is 2. The fourth-order valence-electron chi connectivity index (χ4n) is 3.16. The van der Waals surface area contributed by atoms with Crippen LogP contribution in [0.15, 0.2) is 84.9 Å². The number of nitro groups is 1. The molecule has 1 amide bonds. The summed E-state index contributed by atoms with van der Waals surface area (Å²) in [5.74, 6) is -1.74. The molecule has 0 aliphatic heterocycles. The molecule has 0 saturated carbocycles. The number of hydrogen-bond acceptors (Lipinski definition) is 5. The molecule has 34 heavy (non-hydrogen) atoms. The maximum Gasteiger partial charge on any atom is 0.471 e. The average Bonchev–Trinajstić information content (AvgIpc) is 3.24. The van der Waals surface area contributed by atoms with Crippen molar-refractivity contribution in [3.05, 3.63) is 95.0 Å². The SMILES string of the molecule is O=C(Nc1ccccc1Nc1cc(-c2ccccc2)nn1-c1ccc([N+](=O)[O-])cc1)C(F)(F)F. The summed E-state index contributed by atoms with van der Waals surface area (Å²) in [6.45, 7) is 0. The molecule has 0 bridgehead atoms. The largest absolute Gasteiger partial charge is 0.471 e. The van der Waals surface area contributed by atoms with E-state index in [9.17, 15) is 28.1 Å². The van der Waals surface area contributed by atoms with E-state index in [1.807, 2.05) is 35.6 Å². The van der Waals surface area contributed by atoms with Crippen molar-refractivity contribution in [1.82, 2.24) is 9.78 Å². The van der Waals surface area contributed by atoms with Crippen molar-refractivity contribution in [2.24, 2.45) is 0 Å². The first-order valence-corrected chi connectivity index (χ1v) is 9.87. The van der Waals surface area contributed by atoms with Gasteiger partial charge in [-0.25, -0.2) is 4.68 Å². The first-order chi connectivity index (χ1) is 16.2. The zero-order chi connectivity index (χ0) is 24.3. The number of non-ortho nitro benzene ring substituents is 1. The fraction of sp³-hybridized carbons (Fsp3) is 0.0435. The van der Waals surface area contributed by atoms with E-state index in [2.05, 4.69) is 10.4 Å². The highest BCUT2D eigenvalue weighted by atomic mass is 19.4. The zero-order valence-electron chi connectivity index (χ0n) is 17.3. The van der Waals surface area contributed by atoms with Crippen LogP contribution in [-0.4, -0.2) is 26.8 Å². The number of aromatic nitrogens is 2. The molecular formula is C23H16F3N5O3. The maximum atomic E-state index is 12.8. The van der Waals surface area contributed by atoms with E-state index in [1.54, 1.807) is 12.1 Å². The highest BCUT2D eigenvalue weighted by molar-refractivity contribution is 5.98. The molecule has 3 aromatic carbocycles. The molecule has 172 valence electrons. The van der Waals surface area contributed by atoms with Crippen molar-refractivity contribution in [2.75, 3.05) is 10.6 Å². The fourth-order valence-corrected chi connectivity index (χ4v) is 3.16. The monoisotopic (exact) mass is 467 g/mol. The van der Waals surface area contributed by atoms with Gasteiger partial charge in [0.05, 0.1) is 27.7 Å². The quantitative estimate of drug-likeness (QED) is 0.280. The maximum absolute atomic E-state index is 12.8. The van der Waals surface area contributed by atoms with E-state index in [0.717, 1.165) is 5.56 Å². The van der Waals surface area contributed by atoms with Crippen molar-refractivity contribution in [3.8, 4) is 16.9 Å². The summed E-state index contributed by atoms with van der Waals surface area (Å²) in [5, 5.41) is 20.4. The van der Waals surface area contributed by atoms with E-state index in [0.29, 0.717) is 17.2 Å². The third-order valence-electron chi connectivity index (χ3n) is 4.78. The Balaban J connectivity index is 1.75. The van der Waals surface area contributed by atoms with Crippen molar-refractivity contribution < 1.29 is 22.9 Å². The van der Waals surface area contributed by atoms with Crippen LogP contribution >= 0.6 is 0 Å². The van der Waals surface area contributed by atoms with Gasteiger partial charge in [-0.2, -0.15) is 18.3 Å². The summed E-state index contributed by atoms with van der Waals surface area (Å²) in [6, 6.07) is 22.4. The van der Waals surface area contributed by atoms with Gasteiger partial charge in [-0.05, 0) is 24.3 Å². The molecule has 4 rings (SSSR count). The van der Waals surface area contributed by atoms with E-state index in [4.69, 9.17) is 0 Å². The lowest BCUT2D eigenvalue weighted by Crippen LogP contribution is -2.30. The van der Waals surface area contributed by atoms with Gasteiger partial charge in [0.25, 0.3) is 5.69 Å². The molecule has 2 N–H and O–H groups in total. The van der Waals surface area contributed by atoms with Gasteiger partial charge in [-0.1, -0.05) is 42.5 Å². The summed E-state index contributed by atoms with van der Waals surface area (Å²) < 4.78 is 39.8. The lowest BCUT2D eigenvalue weighted by atomic mass is 10.1. The molecule has 1 heterocycles. The predicted molar refractivity (Wildman–Crippen MR) is 120 cm³/mol. The molecule has 0 atom stereocenters. The Kier molecular flexibility index (Phi) is 6.00. The molecule has 0 radical (unpaired) electrons. The normalized spacial score (nSPS) is 11.1. The van der Waals surface area contributed by atoms with Crippen LogP contribution in [0.4, 0.5) is 36.1 Å². The molecule has 4 aromatic rings. The Morgan fingerprint density at radius 3 is 2.15 bits per heavy atom. The van der Waals surface area contributed by atoms with Crippen molar-refractivity contribution in [3.63, 3.8) is 0 Å². The number of para-hydroxylation sites is 2. The van der Waals surface area contributed by atoms with Crippen LogP contribution in [-0.2, 0) is 4.79 Å². The van der Waals surface area contributed by atoms with Gasteiger partial charge in [-0.3, -0.25) is 14.9 Å². The first kappa shape index (κ1) is 22.5. The van der Waals surface area contributed by atoms with E-state index >= 15 is 0 Å². The minimum atomic E-state index is -5.05. The van der Waals surface area contributed by atoms with Gasteiger partial charge < -0.3 is 10.6 Å². The number of halogens is 3. The average molecular weight is 467 g/mol. The van der Waals surface area contributed by atoms with Crippen molar-refractivity contribution in [2.45, 2.75) is 6.18 Å². The number of carbonyl (C=O) groups is 1. The lowest BCUT2D eigenvalue weighted by Gasteiger charge is -2.15. The molecule has 8 nitrogen and oxygen atoms in total. The summed E-state index contributed by atoms with van der Waals surface area (Å²) in [4.78, 5) is 21.9. The third-order valence-corrected chi connectivity index (χ3v) is 4.78. The standard InChI is InChI=1S/C23H16F3N5O3/c24-23(25,26)22(32)28-19-9-5-4-8-18(19)27-21-14-20(15-6-2-1-3-7-15)29-30(21)16-10-12-17(13-11-16)31(33)34/h1-14,27H,(H,28,32). The Morgan fingerprint density at radius 2 is 1.53 bits per heavy atom. The Morgan fingerprint density at radius 1 is 0.912 bits per heavy atom. The van der Waals surface area contributed by atoms with Crippen LogP contribution in [0.2, 0.25) is 0 Å². The minimum Gasteiger partial charge on any atom is -0.338 e. The van der Waals surface area contributed by atoms with Crippen LogP contribution in [0, 0.1) is 10.1 Å². The molecule has 0 aliphatic rings. The highest BCUT2D eigenvalue weighted by Gasteiger charge is 2.39. The molecule has 1 aromatic heterocycles. The Labute approximate surface area is 190 Å². The zero-order valence-corrected chi connectivity index (χ0v) is 17.3. The number of anilines is 3. The van der Waals surface area contributed by atoms with Gasteiger partial charge in [0.15, 0.2) is 0 Å². The topological polar surface area (TPSA) is 102 Å². The van der Waals surface area contributed by atoms with Crippen LogP contribution in [0.1, 0.15) is 0 Å². The second-order valence-electron chi connectivity index (χ2n) is 7.09. The molecular weight excluding hydrogens is 451 g/mol. The second kappa shape index (κ2) is 9.06. The smallest absolute Gasteiger partial charge is 0.338 e. The van der Waals surface area contributed by atoms with Gasteiger partial charge in [0.1, 0.15) is 5.82 Å². The Bertz CT molecular complexity index is 1340. The van der Waals surface area contributed by atoms with Crippen LogP contribution in [0.25, 0.3) is 16.9 Å². The lowest BCUT2D eigenvalue weighted by molar-refractivity contribution is -0.384. The van der Waals surface area contributed by atoms with Crippen LogP contribution in [0.5, 0.6) is 0 Å². The van der Waals surface area contributed by atoms with E-state index < -0.39 is 17.0 Å². The number of carbonyl (C=O) groups excluding carboxylic acids is 1. The van der Waals surface area contributed by atoms with Gasteiger partial charge in [0, 0.05) is 23.8 Å². The van der Waals surface area contributed by atoms with Gasteiger partial charge >= 0.3 is 12.1 Å². The first-order valence-electron chi connectivity index (χ1n) is 9.87. The second-order valence-corrected chi connectivity index (χ2v) is 7.09. The predicted octanol–water partition coefficient (Wildman–Crippen LogP) is 5.69. The summed E-state index contributed by atoms with van der Waals surface area (Å²) in [7, 11) is 0. The third kappa shape index (κ3) is 4.88. The number of nitro benzene ring substituents is 1. The molecule has 11 heteroatoms. The number of benzene rings is 3. The summed E-state index contributed by atoms with van der Waals surface area (Å²) in [5.41, 5.74) is 1.83. The molecule has 0 spiro atoms. The number of hydrogen-bond donors (Lipinski definition) is 2. The van der Waals surface area contributed by atoms with Crippen LogP contribution in [0.3, 0.4) is 0 Å². The molecule has 0 saturated heterocycles. The van der Waals surface area contributed by atoms with E-state index in [1.165, 1.54) is 47.1 Å². The number of amides is 1. The van der Waals surface area contributed by atoms with Gasteiger partial charge in [0.2, 0.25) is 0 Å². The van der Waals surface area contributed by atoms with Crippen LogP contribution < -0.4 is 10.6 Å². The number of nitrogens with zero attached hydrogens (tertiary/aromatic N) is 3. The van der Waals surface area contributed by atoms with E-state index in [-0.39, 0.29) is 17.1 Å². The number of rotatable bonds is 6. The molecule has 0 fully saturated rings. The highest BCUT2D eigenvalue weighted by Crippen LogP contribution is 2.31.